The average molecular weight is 393 g/mol. The number of urea groups is 1. The lowest BCUT2D eigenvalue weighted by molar-refractivity contribution is 0.233. The molecule has 1 atom stereocenters. The fraction of sp³-hybridized carbons (Fsp3) is 0.474. The zero-order valence-corrected chi connectivity index (χ0v) is 16.9. The molecular weight excluding hydrogens is 364 g/mol. The van der Waals surface area contributed by atoms with Gasteiger partial charge in [0.15, 0.2) is 16.6 Å². The number of benzene rings is 1. The van der Waals surface area contributed by atoms with E-state index in [0.717, 1.165) is 24.1 Å². The monoisotopic (exact) mass is 392 g/mol. The molecule has 148 valence electrons. The Morgan fingerprint density at radius 3 is 2.63 bits per heavy atom. The highest BCUT2D eigenvalue weighted by Gasteiger charge is 2.30. The summed E-state index contributed by atoms with van der Waals surface area (Å²) in [6, 6.07) is 3.67. The van der Waals surface area contributed by atoms with Gasteiger partial charge in [0.2, 0.25) is 0 Å². The van der Waals surface area contributed by atoms with Gasteiger partial charge in [-0.05, 0) is 48.8 Å². The molecule has 8 heteroatoms. The molecule has 2 rings (SSSR count). The molecule has 1 aromatic rings. The van der Waals surface area contributed by atoms with E-state index in [1.54, 1.807) is 20.3 Å². The lowest BCUT2D eigenvalue weighted by Crippen LogP contribution is -2.50. The number of carbonyl (C=O) groups is 1. The second-order valence-electron chi connectivity index (χ2n) is 6.08. The van der Waals surface area contributed by atoms with Crippen LogP contribution >= 0.6 is 12.2 Å². The molecule has 1 aliphatic heterocycles. The SMILES string of the molecule is C=CCNC(=S)N1CCc2cc(OC)c(OC)cc2[C@@H]1CNC(=O)NCC. The predicted octanol–water partition coefficient (Wildman–Crippen LogP) is 1.98. The Labute approximate surface area is 166 Å². The zero-order chi connectivity index (χ0) is 19.8. The second kappa shape index (κ2) is 10.0. The topological polar surface area (TPSA) is 74.9 Å². The minimum absolute atomic E-state index is 0.110. The summed E-state index contributed by atoms with van der Waals surface area (Å²) in [5, 5.41) is 9.50. The summed E-state index contributed by atoms with van der Waals surface area (Å²) in [6.07, 6.45) is 2.59. The molecule has 27 heavy (non-hydrogen) atoms. The minimum Gasteiger partial charge on any atom is -0.493 e. The molecule has 1 heterocycles. The summed E-state index contributed by atoms with van der Waals surface area (Å²) in [5.74, 6) is 1.36. The Morgan fingerprint density at radius 1 is 1.30 bits per heavy atom. The predicted molar refractivity (Wildman–Crippen MR) is 111 cm³/mol. The van der Waals surface area contributed by atoms with E-state index in [9.17, 15) is 4.79 Å². The van der Waals surface area contributed by atoms with E-state index in [1.807, 2.05) is 19.1 Å². The summed E-state index contributed by atoms with van der Waals surface area (Å²) < 4.78 is 10.9. The van der Waals surface area contributed by atoms with Gasteiger partial charge in [-0.15, -0.1) is 6.58 Å². The Morgan fingerprint density at radius 2 is 2.00 bits per heavy atom. The molecule has 0 saturated heterocycles. The number of methoxy groups -OCH3 is 2. The number of thiocarbonyl (C=S) groups is 1. The number of carbonyl (C=O) groups excluding carboxylic acids is 1. The van der Waals surface area contributed by atoms with Crippen molar-refractivity contribution in [3.8, 4) is 11.5 Å². The van der Waals surface area contributed by atoms with E-state index in [0.29, 0.717) is 36.2 Å². The van der Waals surface area contributed by atoms with Gasteiger partial charge in [-0.1, -0.05) is 6.08 Å². The highest BCUT2D eigenvalue weighted by Crippen LogP contribution is 2.37. The van der Waals surface area contributed by atoms with Crippen molar-refractivity contribution in [1.29, 1.82) is 0 Å². The molecule has 0 bridgehead atoms. The van der Waals surface area contributed by atoms with Gasteiger partial charge >= 0.3 is 6.03 Å². The number of fused-ring (bicyclic) bond motifs is 1. The molecule has 0 aliphatic carbocycles. The third-order valence-corrected chi connectivity index (χ3v) is 4.83. The van der Waals surface area contributed by atoms with Gasteiger partial charge in [-0.3, -0.25) is 0 Å². The zero-order valence-electron chi connectivity index (χ0n) is 16.1. The summed E-state index contributed by atoms with van der Waals surface area (Å²) in [4.78, 5) is 14.0. The van der Waals surface area contributed by atoms with Crippen molar-refractivity contribution in [3.05, 3.63) is 35.9 Å². The van der Waals surface area contributed by atoms with Crippen LogP contribution in [0.25, 0.3) is 0 Å². The van der Waals surface area contributed by atoms with E-state index in [-0.39, 0.29) is 12.1 Å². The second-order valence-corrected chi connectivity index (χ2v) is 6.47. The van der Waals surface area contributed by atoms with Crippen molar-refractivity contribution in [2.75, 3.05) is 40.4 Å². The van der Waals surface area contributed by atoms with Crippen molar-refractivity contribution in [2.24, 2.45) is 0 Å². The number of rotatable bonds is 7. The molecule has 7 nitrogen and oxygen atoms in total. The summed E-state index contributed by atoms with van der Waals surface area (Å²) in [5.41, 5.74) is 2.23. The third kappa shape index (κ3) is 5.03. The maximum absolute atomic E-state index is 11.9. The van der Waals surface area contributed by atoms with Crippen molar-refractivity contribution >= 4 is 23.4 Å². The fourth-order valence-electron chi connectivity index (χ4n) is 3.16. The van der Waals surface area contributed by atoms with Crippen LogP contribution in [0.15, 0.2) is 24.8 Å². The van der Waals surface area contributed by atoms with Gasteiger partial charge in [0.25, 0.3) is 0 Å². The first kappa shape index (κ1) is 20.8. The van der Waals surface area contributed by atoms with Crippen molar-refractivity contribution in [1.82, 2.24) is 20.9 Å². The Balaban J connectivity index is 2.34. The summed E-state index contributed by atoms with van der Waals surface area (Å²) in [6.45, 7) is 7.92. The number of hydrogen-bond donors (Lipinski definition) is 3. The lowest BCUT2D eigenvalue weighted by atomic mass is 9.92. The van der Waals surface area contributed by atoms with Crippen LogP contribution in [0.2, 0.25) is 0 Å². The quantitative estimate of drug-likeness (QED) is 0.487. The average Bonchev–Trinajstić information content (AvgIpc) is 2.68. The number of nitrogens with zero attached hydrogens (tertiary/aromatic N) is 1. The van der Waals surface area contributed by atoms with Gasteiger partial charge < -0.3 is 30.3 Å². The van der Waals surface area contributed by atoms with Gasteiger partial charge in [-0.25, -0.2) is 4.79 Å². The smallest absolute Gasteiger partial charge is 0.314 e. The van der Waals surface area contributed by atoms with Gasteiger partial charge in [0, 0.05) is 26.2 Å². The first-order chi connectivity index (χ1) is 13.0. The molecule has 3 N–H and O–H groups in total. The van der Waals surface area contributed by atoms with Gasteiger partial charge in [0.05, 0.1) is 20.3 Å². The maximum Gasteiger partial charge on any atom is 0.314 e. The van der Waals surface area contributed by atoms with E-state index in [2.05, 4.69) is 27.4 Å². The standard InChI is InChI=1S/C19H28N4O3S/c1-5-8-21-19(27)23-9-7-13-10-16(25-3)17(26-4)11-14(13)15(23)12-22-18(24)20-6-2/h5,10-11,15H,1,6-9,12H2,2-4H3,(H,21,27)(H2,20,22,24)/t15-/m0/s1. The van der Waals surface area contributed by atoms with E-state index >= 15 is 0 Å². The number of hydrogen-bond acceptors (Lipinski definition) is 4. The van der Waals surface area contributed by atoms with E-state index < -0.39 is 0 Å². The molecule has 0 saturated carbocycles. The minimum atomic E-state index is -0.199. The molecule has 0 spiro atoms. The van der Waals surface area contributed by atoms with E-state index in [1.165, 1.54) is 0 Å². The van der Waals surface area contributed by atoms with Crippen LogP contribution in [0.5, 0.6) is 11.5 Å². The Kier molecular flexibility index (Phi) is 7.72. The Bertz CT molecular complexity index is 696. The van der Waals surface area contributed by atoms with Crippen LogP contribution in [-0.2, 0) is 6.42 Å². The third-order valence-electron chi connectivity index (χ3n) is 4.45. The highest BCUT2D eigenvalue weighted by molar-refractivity contribution is 7.80. The van der Waals surface area contributed by atoms with E-state index in [4.69, 9.17) is 21.7 Å². The first-order valence-corrected chi connectivity index (χ1v) is 9.38. The number of nitrogens with one attached hydrogen (secondary N) is 3. The number of ether oxygens (including phenoxy) is 2. The molecule has 0 fully saturated rings. The van der Waals surface area contributed by atoms with Gasteiger partial charge in [-0.2, -0.15) is 0 Å². The van der Waals surface area contributed by atoms with Crippen LogP contribution in [0, 0.1) is 0 Å². The first-order valence-electron chi connectivity index (χ1n) is 8.97. The van der Waals surface area contributed by atoms with Crippen molar-refractivity contribution in [2.45, 2.75) is 19.4 Å². The van der Waals surface area contributed by atoms with Crippen molar-refractivity contribution < 1.29 is 14.3 Å². The molecule has 1 aromatic carbocycles. The summed E-state index contributed by atoms with van der Waals surface area (Å²) in [7, 11) is 3.24. The summed E-state index contributed by atoms with van der Waals surface area (Å²) >= 11 is 5.57. The van der Waals surface area contributed by atoms with Crippen LogP contribution in [0.4, 0.5) is 4.79 Å². The van der Waals surface area contributed by atoms with Crippen LogP contribution in [0.3, 0.4) is 0 Å². The van der Waals surface area contributed by atoms with Gasteiger partial charge in [0.1, 0.15) is 0 Å². The van der Waals surface area contributed by atoms with Crippen molar-refractivity contribution in [3.63, 3.8) is 0 Å². The molecule has 0 radical (unpaired) electrons. The molecule has 1 aliphatic rings. The molecule has 2 amide bonds. The molecule has 0 aromatic heterocycles. The lowest BCUT2D eigenvalue weighted by Gasteiger charge is -2.39. The number of amides is 2. The normalized spacial score (nSPS) is 15.4. The van der Waals surface area contributed by atoms with Crippen LogP contribution < -0.4 is 25.4 Å². The Hall–Kier alpha value is -2.48. The van der Waals surface area contributed by atoms with Crippen LogP contribution in [-0.4, -0.2) is 56.4 Å². The molecular formula is C19H28N4O3S. The maximum atomic E-state index is 11.9. The fourth-order valence-corrected chi connectivity index (χ4v) is 3.47. The highest BCUT2D eigenvalue weighted by atomic mass is 32.1. The largest absolute Gasteiger partial charge is 0.493 e. The molecule has 0 unspecified atom stereocenters. The van der Waals surface area contributed by atoms with Crippen LogP contribution in [0.1, 0.15) is 24.1 Å².